The molecule has 0 atom stereocenters. The van der Waals surface area contributed by atoms with Gasteiger partial charge < -0.3 is 0 Å². The fraction of sp³-hybridized carbons (Fsp3) is 0.0455. The van der Waals surface area contributed by atoms with E-state index in [0.29, 0.717) is 5.02 Å². The van der Waals surface area contributed by atoms with Gasteiger partial charge in [-0.15, -0.1) is 0 Å². The Morgan fingerprint density at radius 1 is 0.880 bits per heavy atom. The topological polar surface area (TPSA) is 12.4 Å². The molecule has 0 radical (unpaired) electrons. The van der Waals surface area contributed by atoms with Crippen LogP contribution in [0.3, 0.4) is 0 Å². The number of aryl methyl sites for hydroxylation is 1. The number of hydrogen-bond donors (Lipinski definition) is 0. The van der Waals surface area contributed by atoms with Crippen LogP contribution in [0.2, 0.25) is 5.02 Å². The quantitative estimate of drug-likeness (QED) is 0.348. The van der Waals surface area contributed by atoms with Gasteiger partial charge in [-0.25, -0.2) is 4.99 Å². The Balaban J connectivity index is 1.92. The highest BCUT2D eigenvalue weighted by atomic mass is 35.5. The summed E-state index contributed by atoms with van der Waals surface area (Å²) in [7, 11) is 0. The van der Waals surface area contributed by atoms with E-state index in [4.69, 9.17) is 16.6 Å². The fourth-order valence-corrected chi connectivity index (χ4v) is 3.35. The van der Waals surface area contributed by atoms with Crippen molar-refractivity contribution < 1.29 is 0 Å². The van der Waals surface area contributed by atoms with Crippen LogP contribution in [0, 0.1) is 6.92 Å². The first-order valence-electron chi connectivity index (χ1n) is 8.01. The Morgan fingerprint density at radius 2 is 1.56 bits per heavy atom. The molecule has 0 unspecified atom stereocenters. The molecule has 3 aromatic rings. The predicted molar refractivity (Wildman–Crippen MR) is 110 cm³/mol. The van der Waals surface area contributed by atoms with E-state index in [2.05, 4.69) is 36.6 Å². The lowest BCUT2D eigenvalue weighted by Crippen LogP contribution is -1.97. The zero-order chi connectivity index (χ0) is 17.5. The van der Waals surface area contributed by atoms with E-state index < -0.39 is 0 Å². The van der Waals surface area contributed by atoms with Gasteiger partial charge in [-0.1, -0.05) is 78.0 Å². The van der Waals surface area contributed by atoms with Crippen LogP contribution < -0.4 is 0 Å². The second-order valence-electron chi connectivity index (χ2n) is 5.50. The molecule has 3 aromatic carbocycles. The van der Waals surface area contributed by atoms with Crippen molar-refractivity contribution in [3.05, 3.63) is 106 Å². The average molecular weight is 364 g/mol. The molecule has 0 aromatic heterocycles. The number of nitrogens with zero attached hydrogens (tertiary/aromatic N) is 1. The normalized spacial score (nSPS) is 11.8. The molecule has 3 rings (SSSR count). The van der Waals surface area contributed by atoms with E-state index in [1.165, 1.54) is 10.5 Å². The van der Waals surface area contributed by atoms with Crippen LogP contribution in [0.1, 0.15) is 11.1 Å². The van der Waals surface area contributed by atoms with Gasteiger partial charge in [-0.05, 0) is 48.2 Å². The molecule has 0 fully saturated rings. The van der Waals surface area contributed by atoms with E-state index in [1.807, 2.05) is 60.7 Å². The van der Waals surface area contributed by atoms with Crippen LogP contribution in [0.25, 0.3) is 0 Å². The van der Waals surface area contributed by atoms with Crippen molar-refractivity contribution in [2.24, 2.45) is 4.99 Å². The van der Waals surface area contributed by atoms with E-state index >= 15 is 0 Å². The van der Waals surface area contributed by atoms with Crippen molar-refractivity contribution in [3.8, 4) is 0 Å². The van der Waals surface area contributed by atoms with E-state index in [-0.39, 0.29) is 0 Å². The third kappa shape index (κ3) is 4.85. The van der Waals surface area contributed by atoms with Gasteiger partial charge in [0.1, 0.15) is 0 Å². The number of para-hydroxylation sites is 1. The van der Waals surface area contributed by atoms with E-state index in [1.54, 1.807) is 11.8 Å². The number of aliphatic imine (C=N–C) groups is 1. The molecular formula is C22H18ClNS. The summed E-state index contributed by atoms with van der Waals surface area (Å²) in [5, 5.41) is 2.76. The maximum atomic E-state index is 6.38. The summed E-state index contributed by atoms with van der Waals surface area (Å²) in [6, 6.07) is 26.0. The molecule has 124 valence electrons. The zero-order valence-corrected chi connectivity index (χ0v) is 15.5. The van der Waals surface area contributed by atoms with Gasteiger partial charge in [0.2, 0.25) is 0 Å². The summed E-state index contributed by atoms with van der Waals surface area (Å²) >= 11 is 8.07. The van der Waals surface area contributed by atoms with Crippen LogP contribution in [0.4, 0.5) is 5.69 Å². The van der Waals surface area contributed by atoms with Gasteiger partial charge in [0, 0.05) is 15.5 Å². The first-order chi connectivity index (χ1) is 12.2. The summed E-state index contributed by atoms with van der Waals surface area (Å²) in [5.74, 6) is 0. The minimum absolute atomic E-state index is 0.697. The van der Waals surface area contributed by atoms with Gasteiger partial charge in [0.05, 0.1) is 11.4 Å². The summed E-state index contributed by atoms with van der Waals surface area (Å²) in [4.78, 5) is 6.01. The first kappa shape index (κ1) is 17.5. The summed E-state index contributed by atoms with van der Waals surface area (Å²) in [6.45, 7) is 2.11. The molecule has 0 saturated carbocycles. The monoisotopic (exact) mass is 363 g/mol. The van der Waals surface area contributed by atoms with Gasteiger partial charge in [0.15, 0.2) is 0 Å². The van der Waals surface area contributed by atoms with Crippen molar-refractivity contribution in [2.45, 2.75) is 11.8 Å². The summed E-state index contributed by atoms with van der Waals surface area (Å²) in [5.41, 5.74) is 3.94. The Labute approximate surface area is 158 Å². The van der Waals surface area contributed by atoms with Crippen LogP contribution in [-0.2, 0) is 0 Å². The molecule has 0 aliphatic rings. The molecule has 0 spiro atoms. The highest BCUT2D eigenvalue weighted by molar-refractivity contribution is 8.02. The van der Waals surface area contributed by atoms with Gasteiger partial charge in [-0.2, -0.15) is 0 Å². The lowest BCUT2D eigenvalue weighted by Gasteiger charge is -2.06. The number of thioether (sulfide) groups is 1. The van der Waals surface area contributed by atoms with Crippen LogP contribution in [-0.4, -0.2) is 5.71 Å². The molecule has 25 heavy (non-hydrogen) atoms. The maximum absolute atomic E-state index is 6.38. The standard InChI is InChI=1S/C22H18ClNS/c1-17-9-5-8-14-22(17)25-16-15-21(19-12-6-7-13-20(19)23)24-18-10-3-2-4-11-18/h2-16H,1H3. The highest BCUT2D eigenvalue weighted by Crippen LogP contribution is 2.25. The molecule has 0 aliphatic carbocycles. The number of benzene rings is 3. The van der Waals surface area contributed by atoms with Gasteiger partial charge in [0.25, 0.3) is 0 Å². The molecule has 0 amide bonds. The van der Waals surface area contributed by atoms with Crippen molar-refractivity contribution >= 4 is 34.8 Å². The van der Waals surface area contributed by atoms with Crippen LogP contribution >= 0.6 is 23.4 Å². The maximum Gasteiger partial charge on any atom is 0.0729 e. The number of rotatable bonds is 5. The molecule has 0 aliphatic heterocycles. The van der Waals surface area contributed by atoms with Crippen LogP contribution in [0.15, 0.2) is 100 Å². The lowest BCUT2D eigenvalue weighted by atomic mass is 10.1. The molecule has 0 bridgehead atoms. The third-order valence-corrected chi connectivity index (χ3v) is 4.98. The second-order valence-corrected chi connectivity index (χ2v) is 6.85. The highest BCUT2D eigenvalue weighted by Gasteiger charge is 2.05. The summed E-state index contributed by atoms with van der Waals surface area (Å²) in [6.07, 6.45) is 2.02. The van der Waals surface area contributed by atoms with E-state index in [0.717, 1.165) is 17.0 Å². The predicted octanol–water partition coefficient (Wildman–Crippen LogP) is 7.08. The van der Waals surface area contributed by atoms with Crippen molar-refractivity contribution in [1.82, 2.24) is 0 Å². The van der Waals surface area contributed by atoms with Gasteiger partial charge >= 0.3 is 0 Å². The average Bonchev–Trinajstić information content (AvgIpc) is 2.64. The summed E-state index contributed by atoms with van der Waals surface area (Å²) < 4.78 is 0. The van der Waals surface area contributed by atoms with Crippen molar-refractivity contribution in [3.63, 3.8) is 0 Å². The van der Waals surface area contributed by atoms with Crippen molar-refractivity contribution in [1.29, 1.82) is 0 Å². The SMILES string of the molecule is Cc1ccccc1SC=CC(=Nc1ccccc1)c1ccccc1Cl. The minimum Gasteiger partial charge on any atom is -0.248 e. The Morgan fingerprint density at radius 3 is 2.32 bits per heavy atom. The lowest BCUT2D eigenvalue weighted by molar-refractivity contribution is 1.31. The Kier molecular flexibility index (Phi) is 6.10. The number of allylic oxidation sites excluding steroid dienone is 1. The molecule has 0 N–H and O–H groups in total. The third-order valence-electron chi connectivity index (χ3n) is 3.67. The molecule has 0 heterocycles. The Bertz CT molecular complexity index is 901. The first-order valence-corrected chi connectivity index (χ1v) is 9.27. The number of halogens is 1. The van der Waals surface area contributed by atoms with E-state index in [9.17, 15) is 0 Å². The second kappa shape index (κ2) is 8.70. The number of hydrogen-bond acceptors (Lipinski definition) is 2. The smallest absolute Gasteiger partial charge is 0.0729 e. The molecule has 1 nitrogen and oxygen atoms in total. The largest absolute Gasteiger partial charge is 0.248 e. The molecular weight excluding hydrogens is 346 g/mol. The molecule has 0 saturated heterocycles. The fourth-order valence-electron chi connectivity index (χ4n) is 2.36. The van der Waals surface area contributed by atoms with Crippen LogP contribution in [0.5, 0.6) is 0 Å². The Hall–Kier alpha value is -2.29. The van der Waals surface area contributed by atoms with Crippen molar-refractivity contribution in [2.75, 3.05) is 0 Å². The molecule has 3 heteroatoms. The van der Waals surface area contributed by atoms with Gasteiger partial charge in [-0.3, -0.25) is 0 Å². The zero-order valence-electron chi connectivity index (χ0n) is 13.9. The minimum atomic E-state index is 0.697.